The molecule has 0 bridgehead atoms. The van der Waals surface area contributed by atoms with Gasteiger partial charge in [-0.05, 0) is 24.6 Å². The smallest absolute Gasteiger partial charge is 0.387 e. The maximum absolute atomic E-state index is 12.7. The molecule has 13 heteroatoms. The first-order valence-electron chi connectivity index (χ1n) is 9.72. The average Bonchev–Trinajstić information content (AvgIpc) is 3.03. The van der Waals surface area contributed by atoms with E-state index in [4.69, 9.17) is 12.2 Å². The summed E-state index contributed by atoms with van der Waals surface area (Å²) in [6, 6.07) is 9.32. The Bertz CT molecular complexity index is 1170. The standard InChI is InChI=1S/C21H17F2N3O6S2/c22-20(23)32-16-5-2-1-4-12(16)10-17-19(29)25(21(33)34-17)9-3-6-18(28)24-14-8-7-13(26(30)31)11-15(14)27/h1-2,4-5,7-8,10-11,20,27H,3,6,9H2,(H,24,28)/b17-10-. The molecule has 1 saturated heterocycles. The van der Waals surface area contributed by atoms with Crippen molar-refractivity contribution in [3.8, 4) is 11.5 Å². The minimum Gasteiger partial charge on any atom is -0.506 e. The molecule has 2 aromatic rings. The van der Waals surface area contributed by atoms with Crippen LogP contribution in [-0.4, -0.2) is 44.2 Å². The monoisotopic (exact) mass is 509 g/mol. The zero-order valence-corrected chi connectivity index (χ0v) is 18.9. The van der Waals surface area contributed by atoms with Crippen LogP contribution in [0.1, 0.15) is 18.4 Å². The van der Waals surface area contributed by atoms with E-state index in [0.717, 1.165) is 23.9 Å². The molecule has 1 aliphatic heterocycles. The highest BCUT2D eigenvalue weighted by molar-refractivity contribution is 8.26. The lowest BCUT2D eigenvalue weighted by molar-refractivity contribution is -0.384. The van der Waals surface area contributed by atoms with Crippen molar-refractivity contribution in [3.63, 3.8) is 0 Å². The molecule has 0 spiro atoms. The number of para-hydroxylation sites is 1. The van der Waals surface area contributed by atoms with Crippen LogP contribution >= 0.6 is 24.0 Å². The number of nitrogens with one attached hydrogen (secondary N) is 1. The van der Waals surface area contributed by atoms with Gasteiger partial charge < -0.3 is 15.2 Å². The number of hydrogen-bond acceptors (Lipinski definition) is 8. The molecule has 0 aliphatic carbocycles. The molecule has 0 saturated carbocycles. The fraction of sp³-hybridized carbons (Fsp3) is 0.190. The van der Waals surface area contributed by atoms with Crippen molar-refractivity contribution >= 4 is 57.6 Å². The Balaban J connectivity index is 1.58. The van der Waals surface area contributed by atoms with Crippen molar-refractivity contribution in [1.29, 1.82) is 0 Å². The molecule has 9 nitrogen and oxygen atoms in total. The number of phenolic OH excluding ortho intramolecular Hbond substituents is 1. The molecule has 0 atom stereocenters. The number of benzene rings is 2. The topological polar surface area (TPSA) is 122 Å². The number of nitro groups is 1. The first-order chi connectivity index (χ1) is 16.2. The number of aromatic hydroxyl groups is 1. The second-order valence-electron chi connectivity index (χ2n) is 6.86. The van der Waals surface area contributed by atoms with E-state index in [9.17, 15) is 33.6 Å². The van der Waals surface area contributed by atoms with Crippen molar-refractivity contribution in [2.45, 2.75) is 19.5 Å². The van der Waals surface area contributed by atoms with Crippen molar-refractivity contribution in [1.82, 2.24) is 4.90 Å². The lowest BCUT2D eigenvalue weighted by Gasteiger charge is -2.14. The summed E-state index contributed by atoms with van der Waals surface area (Å²) in [5, 5.41) is 23.0. The van der Waals surface area contributed by atoms with E-state index < -0.39 is 29.1 Å². The van der Waals surface area contributed by atoms with Crippen molar-refractivity contribution in [2.24, 2.45) is 0 Å². The quantitative estimate of drug-likeness (QED) is 0.166. The number of nitrogens with zero attached hydrogens (tertiary/aromatic N) is 2. The number of thioether (sulfide) groups is 1. The van der Waals surface area contributed by atoms with Crippen LogP contribution in [0.3, 0.4) is 0 Å². The Morgan fingerprint density at radius 2 is 2.06 bits per heavy atom. The Hall–Kier alpha value is -3.58. The van der Waals surface area contributed by atoms with Gasteiger partial charge in [-0.25, -0.2) is 0 Å². The summed E-state index contributed by atoms with van der Waals surface area (Å²) in [7, 11) is 0. The maximum Gasteiger partial charge on any atom is 0.387 e. The van der Waals surface area contributed by atoms with Gasteiger partial charge in [0.15, 0.2) is 0 Å². The zero-order valence-electron chi connectivity index (χ0n) is 17.3. The molecule has 2 aromatic carbocycles. The summed E-state index contributed by atoms with van der Waals surface area (Å²) in [6.07, 6.45) is 1.64. The number of carbonyl (C=O) groups excluding carboxylic acids is 2. The molecule has 2 amide bonds. The third-order valence-corrected chi connectivity index (χ3v) is 5.92. The van der Waals surface area contributed by atoms with Crippen LogP contribution in [0, 0.1) is 10.1 Å². The highest BCUT2D eigenvalue weighted by atomic mass is 32.2. The summed E-state index contributed by atoms with van der Waals surface area (Å²) < 4.78 is 30.0. The van der Waals surface area contributed by atoms with E-state index in [1.165, 1.54) is 35.2 Å². The van der Waals surface area contributed by atoms with Crippen LogP contribution in [-0.2, 0) is 9.59 Å². The molecule has 1 heterocycles. The fourth-order valence-corrected chi connectivity index (χ4v) is 4.29. The fourth-order valence-electron chi connectivity index (χ4n) is 2.99. The number of thiocarbonyl (C=S) groups is 1. The number of rotatable bonds is 9. The largest absolute Gasteiger partial charge is 0.506 e. The number of carbonyl (C=O) groups is 2. The number of halogens is 2. The highest BCUT2D eigenvalue weighted by Gasteiger charge is 2.32. The first kappa shape index (κ1) is 25.1. The van der Waals surface area contributed by atoms with Gasteiger partial charge in [0.2, 0.25) is 5.91 Å². The lowest BCUT2D eigenvalue weighted by atomic mass is 10.2. The Morgan fingerprint density at radius 3 is 2.74 bits per heavy atom. The minimum atomic E-state index is -3.01. The van der Waals surface area contributed by atoms with E-state index in [1.54, 1.807) is 6.07 Å². The van der Waals surface area contributed by atoms with Gasteiger partial charge in [-0.1, -0.05) is 42.2 Å². The van der Waals surface area contributed by atoms with Gasteiger partial charge in [0.1, 0.15) is 15.8 Å². The molecule has 0 aromatic heterocycles. The van der Waals surface area contributed by atoms with E-state index in [2.05, 4.69) is 10.1 Å². The van der Waals surface area contributed by atoms with Crippen LogP contribution in [0.25, 0.3) is 6.08 Å². The predicted molar refractivity (Wildman–Crippen MR) is 126 cm³/mol. The molecule has 2 N–H and O–H groups in total. The van der Waals surface area contributed by atoms with Gasteiger partial charge in [-0.3, -0.25) is 24.6 Å². The van der Waals surface area contributed by atoms with Gasteiger partial charge in [0.05, 0.1) is 21.6 Å². The third kappa shape index (κ3) is 6.26. The zero-order chi connectivity index (χ0) is 24.8. The second kappa shape index (κ2) is 11.0. The number of amides is 2. The second-order valence-corrected chi connectivity index (χ2v) is 8.54. The van der Waals surface area contributed by atoms with Crippen LogP contribution in [0.15, 0.2) is 47.4 Å². The summed E-state index contributed by atoms with van der Waals surface area (Å²) in [6.45, 7) is -2.88. The number of hydrogen-bond donors (Lipinski definition) is 2. The number of ether oxygens (including phenoxy) is 1. The number of phenols is 1. The van der Waals surface area contributed by atoms with E-state index >= 15 is 0 Å². The summed E-state index contributed by atoms with van der Waals surface area (Å²) in [5.41, 5.74) is 0.000665. The van der Waals surface area contributed by atoms with Gasteiger partial charge in [0.25, 0.3) is 11.6 Å². The molecule has 1 aliphatic rings. The Kier molecular flexibility index (Phi) is 8.12. The maximum atomic E-state index is 12.7. The van der Waals surface area contributed by atoms with Gasteiger partial charge in [-0.2, -0.15) is 8.78 Å². The molecule has 34 heavy (non-hydrogen) atoms. The molecular weight excluding hydrogens is 492 g/mol. The summed E-state index contributed by atoms with van der Waals surface area (Å²) >= 11 is 6.24. The molecule has 1 fully saturated rings. The van der Waals surface area contributed by atoms with Gasteiger partial charge >= 0.3 is 6.61 Å². The summed E-state index contributed by atoms with van der Waals surface area (Å²) in [4.78, 5) is 36.5. The van der Waals surface area contributed by atoms with Gasteiger partial charge in [0, 0.05) is 24.6 Å². The van der Waals surface area contributed by atoms with Crippen molar-refractivity contribution in [3.05, 3.63) is 63.0 Å². The molecule has 0 unspecified atom stereocenters. The SMILES string of the molecule is O=C(CCCN1C(=O)/C(=C/c2ccccc2OC(F)F)SC1=S)Nc1ccc([N+](=O)[O-])cc1O. The summed E-state index contributed by atoms with van der Waals surface area (Å²) in [5.74, 6) is -1.41. The van der Waals surface area contributed by atoms with Crippen LogP contribution in [0.2, 0.25) is 0 Å². The van der Waals surface area contributed by atoms with E-state index in [0.29, 0.717) is 5.56 Å². The van der Waals surface area contributed by atoms with Crippen molar-refractivity contribution in [2.75, 3.05) is 11.9 Å². The number of anilines is 1. The van der Waals surface area contributed by atoms with Crippen molar-refractivity contribution < 1.29 is 33.1 Å². The molecular formula is C21H17F2N3O6S2. The predicted octanol–water partition coefficient (Wildman–Crippen LogP) is 4.52. The van der Waals surface area contributed by atoms with Crippen LogP contribution < -0.4 is 10.1 Å². The highest BCUT2D eigenvalue weighted by Crippen LogP contribution is 2.35. The normalized spacial score (nSPS) is 14.7. The number of alkyl halides is 2. The van der Waals surface area contributed by atoms with Crippen LogP contribution in [0.5, 0.6) is 11.5 Å². The molecule has 3 rings (SSSR count). The minimum absolute atomic E-state index is 0.0163. The Morgan fingerprint density at radius 1 is 1.32 bits per heavy atom. The number of non-ortho nitro benzene ring substituents is 1. The first-order valence-corrected chi connectivity index (χ1v) is 10.9. The van der Waals surface area contributed by atoms with Crippen LogP contribution in [0.4, 0.5) is 20.2 Å². The van der Waals surface area contributed by atoms with E-state index in [-0.39, 0.29) is 45.7 Å². The average molecular weight is 510 g/mol. The number of nitro benzene ring substituents is 1. The Labute approximate surface area is 201 Å². The lowest BCUT2D eigenvalue weighted by Crippen LogP contribution is -2.29. The molecule has 0 radical (unpaired) electrons. The third-order valence-electron chi connectivity index (χ3n) is 4.55. The molecule has 178 valence electrons. The van der Waals surface area contributed by atoms with Gasteiger partial charge in [-0.15, -0.1) is 0 Å². The van der Waals surface area contributed by atoms with E-state index in [1.807, 2.05) is 0 Å².